The summed E-state index contributed by atoms with van der Waals surface area (Å²) in [5, 5.41) is 3.81. The molecule has 0 bridgehead atoms. The maximum Gasteiger partial charge on any atom is 0.242 e. The van der Waals surface area contributed by atoms with Crippen LogP contribution in [0.15, 0.2) is 42.5 Å². The second-order valence-corrected chi connectivity index (χ2v) is 8.45. The average Bonchev–Trinajstić information content (AvgIpc) is 2.67. The Morgan fingerprint density at radius 2 is 1.62 bits per heavy atom. The highest BCUT2D eigenvalue weighted by molar-refractivity contribution is 6.36. The Morgan fingerprint density at radius 1 is 1.00 bits per heavy atom. The van der Waals surface area contributed by atoms with Crippen molar-refractivity contribution in [2.24, 2.45) is 5.92 Å². The minimum Gasteiger partial charge on any atom is -0.354 e. The highest BCUT2D eigenvalue weighted by Gasteiger charge is 2.27. The normalized spacial score (nSPS) is 12.0. The Morgan fingerprint density at radius 3 is 2.21 bits per heavy atom. The second kappa shape index (κ2) is 10.7. The van der Waals surface area contributed by atoms with Crippen molar-refractivity contribution < 1.29 is 9.59 Å². The number of nitrogens with one attached hydrogen (secondary N) is 1. The number of hydrogen-bond donors (Lipinski definition) is 1. The molecule has 0 saturated heterocycles. The highest BCUT2D eigenvalue weighted by Crippen LogP contribution is 2.26. The van der Waals surface area contributed by atoms with Crippen molar-refractivity contribution in [1.29, 1.82) is 0 Å². The summed E-state index contributed by atoms with van der Waals surface area (Å²) in [7, 11) is 0. The fourth-order valence-corrected chi connectivity index (χ4v) is 3.49. The summed E-state index contributed by atoms with van der Waals surface area (Å²) < 4.78 is 0. The molecule has 0 aliphatic heterocycles. The number of amides is 2. The van der Waals surface area contributed by atoms with E-state index in [1.807, 2.05) is 45.0 Å². The van der Waals surface area contributed by atoms with Gasteiger partial charge in [-0.2, -0.15) is 0 Å². The van der Waals surface area contributed by atoms with Crippen LogP contribution >= 0.6 is 23.2 Å². The molecule has 2 amide bonds. The van der Waals surface area contributed by atoms with Gasteiger partial charge in [0.25, 0.3) is 0 Å². The molecule has 0 aromatic heterocycles. The molecule has 0 saturated carbocycles. The Bertz CT molecular complexity index is 847. The van der Waals surface area contributed by atoms with Crippen molar-refractivity contribution in [2.75, 3.05) is 6.54 Å². The predicted molar refractivity (Wildman–Crippen MR) is 119 cm³/mol. The molecule has 0 spiro atoms. The van der Waals surface area contributed by atoms with Crippen molar-refractivity contribution in [1.82, 2.24) is 10.2 Å². The minimum absolute atomic E-state index is 0.0339. The van der Waals surface area contributed by atoms with E-state index in [0.29, 0.717) is 34.6 Å². The first kappa shape index (κ1) is 23.2. The van der Waals surface area contributed by atoms with Crippen LogP contribution in [0.5, 0.6) is 0 Å². The van der Waals surface area contributed by atoms with Crippen LogP contribution in [0.1, 0.15) is 37.5 Å². The van der Waals surface area contributed by atoms with Gasteiger partial charge in [0.15, 0.2) is 0 Å². The molecule has 0 aliphatic rings. The van der Waals surface area contributed by atoms with E-state index in [4.69, 9.17) is 23.2 Å². The molecule has 6 heteroatoms. The molecule has 0 radical (unpaired) electrons. The number of halogens is 2. The summed E-state index contributed by atoms with van der Waals surface area (Å²) in [6.07, 6.45) is 0.0339. The Balaban J connectivity index is 2.29. The summed E-state index contributed by atoms with van der Waals surface area (Å²) in [6, 6.07) is 12.4. The fourth-order valence-electron chi connectivity index (χ4n) is 2.96. The lowest BCUT2D eigenvalue weighted by Gasteiger charge is -2.30. The van der Waals surface area contributed by atoms with Gasteiger partial charge in [0.1, 0.15) is 6.04 Å². The maximum absolute atomic E-state index is 13.2. The third-order valence-corrected chi connectivity index (χ3v) is 5.55. The van der Waals surface area contributed by atoms with Crippen molar-refractivity contribution in [3.63, 3.8) is 0 Å². The molecular weight excluding hydrogens is 407 g/mol. The molecule has 0 fully saturated rings. The monoisotopic (exact) mass is 434 g/mol. The number of rotatable bonds is 8. The quantitative estimate of drug-likeness (QED) is 0.632. The van der Waals surface area contributed by atoms with Crippen LogP contribution in [-0.2, 0) is 22.6 Å². The lowest BCUT2D eigenvalue weighted by Crippen LogP contribution is -2.48. The number of hydrogen-bond acceptors (Lipinski definition) is 2. The maximum atomic E-state index is 13.2. The van der Waals surface area contributed by atoms with Gasteiger partial charge in [-0.3, -0.25) is 9.59 Å². The summed E-state index contributed by atoms with van der Waals surface area (Å²) >= 11 is 12.5. The number of nitrogens with zero attached hydrogens (tertiary/aromatic N) is 1. The van der Waals surface area contributed by atoms with Gasteiger partial charge < -0.3 is 10.2 Å². The zero-order chi connectivity index (χ0) is 21.6. The van der Waals surface area contributed by atoms with E-state index in [2.05, 4.69) is 5.32 Å². The number of carbonyl (C=O) groups excluding carboxylic acids is 2. The highest BCUT2D eigenvalue weighted by atomic mass is 35.5. The van der Waals surface area contributed by atoms with Crippen LogP contribution in [0.25, 0.3) is 0 Å². The summed E-state index contributed by atoms with van der Waals surface area (Å²) in [4.78, 5) is 27.5. The largest absolute Gasteiger partial charge is 0.354 e. The summed E-state index contributed by atoms with van der Waals surface area (Å²) in [5.41, 5.74) is 2.64. The molecule has 156 valence electrons. The van der Waals surface area contributed by atoms with Crippen molar-refractivity contribution >= 4 is 35.0 Å². The minimum atomic E-state index is -0.623. The van der Waals surface area contributed by atoms with E-state index in [0.717, 1.165) is 11.1 Å². The van der Waals surface area contributed by atoms with E-state index in [9.17, 15) is 9.59 Å². The van der Waals surface area contributed by atoms with Crippen LogP contribution in [0.3, 0.4) is 0 Å². The predicted octanol–water partition coefficient (Wildman–Crippen LogP) is 5.03. The lowest BCUT2D eigenvalue weighted by atomic mass is 10.1. The fraction of sp³-hybridized carbons (Fsp3) is 0.391. The van der Waals surface area contributed by atoms with Gasteiger partial charge in [0.2, 0.25) is 11.8 Å². The summed E-state index contributed by atoms with van der Waals surface area (Å²) in [5.74, 6) is -0.0464. The molecule has 1 atom stereocenters. The SMILES string of the molecule is Cc1ccccc1CN(C(=O)Cc1c(Cl)cccc1Cl)[C@@H](C)C(=O)NCC(C)C. The Labute approximate surface area is 183 Å². The summed E-state index contributed by atoms with van der Waals surface area (Å²) in [6.45, 7) is 8.70. The smallest absolute Gasteiger partial charge is 0.242 e. The van der Waals surface area contributed by atoms with E-state index in [-0.39, 0.29) is 18.2 Å². The molecule has 0 aliphatic carbocycles. The van der Waals surface area contributed by atoms with E-state index in [1.165, 1.54) is 0 Å². The molecule has 29 heavy (non-hydrogen) atoms. The molecule has 4 nitrogen and oxygen atoms in total. The van der Waals surface area contributed by atoms with E-state index < -0.39 is 6.04 Å². The Hall–Kier alpha value is -2.04. The van der Waals surface area contributed by atoms with Crippen molar-refractivity contribution in [3.8, 4) is 0 Å². The average molecular weight is 435 g/mol. The van der Waals surface area contributed by atoms with Gasteiger partial charge in [-0.05, 0) is 48.6 Å². The van der Waals surface area contributed by atoms with Crippen molar-refractivity contribution in [3.05, 3.63) is 69.2 Å². The van der Waals surface area contributed by atoms with Gasteiger partial charge in [-0.25, -0.2) is 0 Å². The number of aryl methyl sites for hydroxylation is 1. The van der Waals surface area contributed by atoms with Crippen LogP contribution < -0.4 is 5.32 Å². The topological polar surface area (TPSA) is 49.4 Å². The molecule has 2 aromatic carbocycles. The van der Waals surface area contributed by atoms with E-state index >= 15 is 0 Å². The first-order valence-electron chi connectivity index (χ1n) is 9.75. The van der Waals surface area contributed by atoms with Gasteiger partial charge in [-0.15, -0.1) is 0 Å². The van der Waals surface area contributed by atoms with Crippen LogP contribution in [0, 0.1) is 12.8 Å². The van der Waals surface area contributed by atoms with E-state index in [1.54, 1.807) is 30.0 Å². The zero-order valence-electron chi connectivity index (χ0n) is 17.3. The van der Waals surface area contributed by atoms with Crippen LogP contribution in [-0.4, -0.2) is 29.3 Å². The Kier molecular flexibility index (Phi) is 8.54. The first-order valence-corrected chi connectivity index (χ1v) is 10.5. The lowest BCUT2D eigenvalue weighted by molar-refractivity contribution is -0.140. The van der Waals surface area contributed by atoms with Gasteiger partial charge >= 0.3 is 0 Å². The standard InChI is InChI=1S/C23H28Cl2N2O2/c1-15(2)13-26-23(29)17(4)27(14-18-9-6-5-8-16(18)3)22(28)12-19-20(24)10-7-11-21(19)25/h5-11,15,17H,12-14H2,1-4H3,(H,26,29)/t17-/m0/s1. The van der Waals surface area contributed by atoms with Crippen LogP contribution in [0.4, 0.5) is 0 Å². The van der Waals surface area contributed by atoms with Crippen LogP contribution in [0.2, 0.25) is 10.0 Å². The first-order chi connectivity index (χ1) is 13.7. The van der Waals surface area contributed by atoms with Crippen molar-refractivity contribution in [2.45, 2.75) is 46.7 Å². The molecule has 1 N–H and O–H groups in total. The van der Waals surface area contributed by atoms with Gasteiger partial charge in [0, 0.05) is 23.1 Å². The molecule has 0 unspecified atom stereocenters. The second-order valence-electron chi connectivity index (χ2n) is 7.64. The third-order valence-electron chi connectivity index (χ3n) is 4.84. The van der Waals surface area contributed by atoms with Gasteiger partial charge in [-0.1, -0.05) is 67.4 Å². The number of benzene rings is 2. The molecule has 0 heterocycles. The zero-order valence-corrected chi connectivity index (χ0v) is 18.8. The third kappa shape index (κ3) is 6.48. The molecule has 2 aromatic rings. The van der Waals surface area contributed by atoms with Gasteiger partial charge in [0.05, 0.1) is 6.42 Å². The number of carbonyl (C=O) groups is 2. The molecular formula is C23H28Cl2N2O2. The molecule has 2 rings (SSSR count).